The predicted octanol–water partition coefficient (Wildman–Crippen LogP) is 5.10. The Balaban J connectivity index is 2.49. The van der Waals surface area contributed by atoms with Gasteiger partial charge < -0.3 is 29.6 Å². The van der Waals surface area contributed by atoms with Gasteiger partial charge in [-0.05, 0) is 76.9 Å². The molecule has 2 rings (SSSR count). The Kier molecular flexibility index (Phi) is 9.33. The molecule has 0 radical (unpaired) electrons. The topological polar surface area (TPSA) is 112 Å². The summed E-state index contributed by atoms with van der Waals surface area (Å²) in [6.45, 7) is 10.3. The number of carbonyl (C=O) groups is 3. The van der Waals surface area contributed by atoms with Crippen LogP contribution in [0.5, 0.6) is 11.5 Å². The number of ketones is 1. The first-order valence-corrected chi connectivity index (χ1v) is 11.5. The van der Waals surface area contributed by atoms with E-state index in [0.29, 0.717) is 22.6 Å². The van der Waals surface area contributed by atoms with Crippen molar-refractivity contribution in [3.8, 4) is 11.5 Å². The fourth-order valence-electron chi connectivity index (χ4n) is 3.25. The van der Waals surface area contributed by atoms with Crippen molar-refractivity contribution in [1.29, 1.82) is 0 Å². The average molecular weight is 501 g/mol. The van der Waals surface area contributed by atoms with Crippen LogP contribution in [0.25, 0.3) is 0 Å². The summed E-state index contributed by atoms with van der Waals surface area (Å²) >= 11 is 0. The van der Waals surface area contributed by atoms with Gasteiger partial charge in [0.1, 0.15) is 34.8 Å². The molecule has 2 aromatic carbocycles. The SMILES string of the molecule is COc1ccc(C(NC(=O)OC(C)(C)C)C(=O)[C@H](NC(=O)OC(C)(C)C)c2ccc(OC)cc2)cc1. The average Bonchev–Trinajstić information content (AvgIpc) is 2.78. The monoisotopic (exact) mass is 500 g/mol. The first-order valence-electron chi connectivity index (χ1n) is 11.5. The number of nitrogens with one attached hydrogen (secondary N) is 2. The van der Waals surface area contributed by atoms with E-state index < -0.39 is 41.3 Å². The minimum Gasteiger partial charge on any atom is -0.497 e. The normalized spacial score (nSPS) is 13.1. The second kappa shape index (κ2) is 11.8. The number of methoxy groups -OCH3 is 2. The van der Waals surface area contributed by atoms with Crippen LogP contribution in [-0.2, 0) is 14.3 Å². The van der Waals surface area contributed by atoms with Crippen LogP contribution in [0.4, 0.5) is 9.59 Å². The van der Waals surface area contributed by atoms with Crippen molar-refractivity contribution in [3.05, 3.63) is 59.7 Å². The van der Waals surface area contributed by atoms with E-state index in [2.05, 4.69) is 10.6 Å². The zero-order chi connectivity index (χ0) is 27.1. The summed E-state index contributed by atoms with van der Waals surface area (Å²) in [5, 5.41) is 5.31. The third-order valence-corrected chi connectivity index (χ3v) is 4.79. The van der Waals surface area contributed by atoms with E-state index >= 15 is 0 Å². The van der Waals surface area contributed by atoms with Gasteiger partial charge in [0, 0.05) is 0 Å². The molecule has 0 aliphatic heterocycles. The van der Waals surface area contributed by atoms with E-state index in [-0.39, 0.29) is 0 Å². The van der Waals surface area contributed by atoms with Gasteiger partial charge in [0.15, 0.2) is 5.78 Å². The lowest BCUT2D eigenvalue weighted by Gasteiger charge is -2.28. The molecule has 0 fully saturated rings. The van der Waals surface area contributed by atoms with Gasteiger partial charge >= 0.3 is 12.2 Å². The van der Waals surface area contributed by atoms with Crippen LogP contribution in [0.2, 0.25) is 0 Å². The fourth-order valence-corrected chi connectivity index (χ4v) is 3.25. The first-order chi connectivity index (χ1) is 16.7. The second-order valence-electron chi connectivity index (χ2n) is 10.1. The summed E-state index contributed by atoms with van der Waals surface area (Å²) in [7, 11) is 3.06. The van der Waals surface area contributed by atoms with E-state index in [1.165, 1.54) is 14.2 Å². The predicted molar refractivity (Wildman–Crippen MR) is 135 cm³/mol. The summed E-state index contributed by atoms with van der Waals surface area (Å²) in [6.07, 6.45) is -1.55. The van der Waals surface area contributed by atoms with Gasteiger partial charge in [0.25, 0.3) is 0 Å². The summed E-state index contributed by atoms with van der Waals surface area (Å²) in [6, 6.07) is 11.1. The summed E-state index contributed by atoms with van der Waals surface area (Å²) in [5.74, 6) is 0.670. The number of benzene rings is 2. The lowest BCUT2D eigenvalue weighted by molar-refractivity contribution is -0.123. The molecule has 0 bridgehead atoms. The number of hydrogen-bond donors (Lipinski definition) is 2. The van der Waals surface area contributed by atoms with E-state index in [1.807, 2.05) is 0 Å². The van der Waals surface area contributed by atoms with Crippen molar-refractivity contribution in [3.63, 3.8) is 0 Å². The molecule has 0 heterocycles. The van der Waals surface area contributed by atoms with Crippen LogP contribution < -0.4 is 20.1 Å². The molecule has 0 saturated heterocycles. The quantitative estimate of drug-likeness (QED) is 0.518. The lowest BCUT2D eigenvalue weighted by atomic mass is 9.93. The molecule has 196 valence electrons. The highest BCUT2D eigenvalue weighted by molar-refractivity contribution is 5.95. The molecular weight excluding hydrogens is 464 g/mol. The Hall–Kier alpha value is -3.75. The maximum atomic E-state index is 14.0. The molecule has 0 saturated carbocycles. The van der Waals surface area contributed by atoms with Crippen molar-refractivity contribution >= 4 is 18.0 Å². The molecule has 0 aliphatic carbocycles. The first kappa shape index (κ1) is 28.5. The summed E-state index contributed by atoms with van der Waals surface area (Å²) < 4.78 is 21.2. The Morgan fingerprint density at radius 1 is 0.611 bits per heavy atom. The molecule has 0 spiro atoms. The van der Waals surface area contributed by atoms with Gasteiger partial charge in [0.2, 0.25) is 0 Å². The van der Waals surface area contributed by atoms with Gasteiger partial charge in [-0.3, -0.25) is 4.79 Å². The van der Waals surface area contributed by atoms with Crippen LogP contribution in [-0.4, -0.2) is 43.4 Å². The number of ether oxygens (including phenoxy) is 4. The van der Waals surface area contributed by atoms with Crippen molar-refractivity contribution in [2.45, 2.75) is 64.8 Å². The molecule has 9 nitrogen and oxygen atoms in total. The van der Waals surface area contributed by atoms with Gasteiger partial charge in [-0.25, -0.2) is 9.59 Å². The third-order valence-electron chi connectivity index (χ3n) is 4.79. The molecule has 0 aromatic heterocycles. The van der Waals surface area contributed by atoms with Crippen molar-refractivity contribution in [1.82, 2.24) is 10.6 Å². The van der Waals surface area contributed by atoms with E-state index in [1.54, 1.807) is 90.1 Å². The Labute approximate surface area is 212 Å². The van der Waals surface area contributed by atoms with E-state index in [0.717, 1.165) is 0 Å². The van der Waals surface area contributed by atoms with Crippen LogP contribution in [0.15, 0.2) is 48.5 Å². The molecule has 2 N–H and O–H groups in total. The fraction of sp³-hybridized carbons (Fsp3) is 0.444. The second-order valence-corrected chi connectivity index (χ2v) is 10.1. The van der Waals surface area contributed by atoms with E-state index in [9.17, 15) is 14.4 Å². The zero-order valence-corrected chi connectivity index (χ0v) is 22.1. The van der Waals surface area contributed by atoms with Crippen molar-refractivity contribution in [2.24, 2.45) is 0 Å². The highest BCUT2D eigenvalue weighted by Crippen LogP contribution is 2.27. The largest absolute Gasteiger partial charge is 0.497 e. The number of amides is 2. The maximum absolute atomic E-state index is 14.0. The third kappa shape index (κ3) is 8.79. The molecular formula is C27H36N2O7. The van der Waals surface area contributed by atoms with Gasteiger partial charge in [-0.2, -0.15) is 0 Å². The minimum atomic E-state index is -1.15. The zero-order valence-electron chi connectivity index (χ0n) is 22.1. The number of Topliss-reactive ketones (excluding diaryl/α,β-unsaturated/α-hetero) is 1. The molecule has 2 amide bonds. The molecule has 36 heavy (non-hydrogen) atoms. The highest BCUT2D eigenvalue weighted by atomic mass is 16.6. The Morgan fingerprint density at radius 3 is 1.17 bits per heavy atom. The standard InChI is InChI=1S/C27H36N2O7/c1-26(2,3)35-24(31)28-21(17-9-13-19(33-7)14-10-17)23(30)22(29-25(32)36-27(4,5)6)18-11-15-20(34-8)16-12-18/h9-16,21-22H,1-8H3,(H,28,31)(H,29,32)/t21-,22?/m1/s1. The van der Waals surface area contributed by atoms with Gasteiger partial charge in [-0.15, -0.1) is 0 Å². The minimum absolute atomic E-state index is 0.483. The van der Waals surface area contributed by atoms with Crippen LogP contribution in [0, 0.1) is 0 Å². The van der Waals surface area contributed by atoms with Crippen LogP contribution in [0.1, 0.15) is 64.8 Å². The molecule has 9 heteroatoms. The van der Waals surface area contributed by atoms with Gasteiger partial charge in [0.05, 0.1) is 14.2 Å². The molecule has 1 unspecified atom stereocenters. The number of carbonyl (C=O) groups excluding carboxylic acids is 3. The van der Waals surface area contributed by atoms with Crippen LogP contribution >= 0.6 is 0 Å². The molecule has 2 atom stereocenters. The van der Waals surface area contributed by atoms with Crippen molar-refractivity contribution < 1.29 is 33.3 Å². The summed E-state index contributed by atoms with van der Waals surface area (Å²) in [5.41, 5.74) is -0.587. The molecule has 0 aliphatic rings. The number of hydrogen-bond acceptors (Lipinski definition) is 7. The smallest absolute Gasteiger partial charge is 0.408 e. The highest BCUT2D eigenvalue weighted by Gasteiger charge is 2.34. The van der Waals surface area contributed by atoms with Crippen molar-refractivity contribution in [2.75, 3.05) is 14.2 Å². The van der Waals surface area contributed by atoms with E-state index in [4.69, 9.17) is 18.9 Å². The number of rotatable bonds is 8. The Morgan fingerprint density at radius 2 is 0.917 bits per heavy atom. The van der Waals surface area contributed by atoms with Crippen LogP contribution in [0.3, 0.4) is 0 Å². The summed E-state index contributed by atoms with van der Waals surface area (Å²) in [4.78, 5) is 39.3. The lowest BCUT2D eigenvalue weighted by Crippen LogP contribution is -2.44. The molecule has 2 aromatic rings. The van der Waals surface area contributed by atoms with Gasteiger partial charge in [-0.1, -0.05) is 24.3 Å². The maximum Gasteiger partial charge on any atom is 0.408 e. The number of alkyl carbamates (subject to hydrolysis) is 2. The Bertz CT molecular complexity index is 952.